The van der Waals surface area contributed by atoms with Crippen molar-refractivity contribution in [2.45, 2.75) is 33.1 Å². The number of nitrogen functional groups attached to an aromatic ring is 1. The lowest BCUT2D eigenvalue weighted by atomic mass is 10.0. The first-order valence-corrected chi connectivity index (χ1v) is 6.30. The molecule has 0 aliphatic carbocycles. The van der Waals surface area contributed by atoms with Crippen molar-refractivity contribution >= 4 is 17.3 Å². The standard InChI is InChI=1S/C14H20N2O/c1-3-10(2)8-14(17)16-7-6-11-9-12(15)4-5-13(11)16/h4-5,9-10H,3,6-8,15H2,1-2H3. The predicted octanol–water partition coefficient (Wildman–Crippen LogP) is 2.59. The van der Waals surface area contributed by atoms with Gasteiger partial charge in [0.05, 0.1) is 0 Å². The van der Waals surface area contributed by atoms with E-state index in [2.05, 4.69) is 13.8 Å². The molecule has 0 saturated carbocycles. The average molecular weight is 232 g/mol. The van der Waals surface area contributed by atoms with Gasteiger partial charge in [0, 0.05) is 24.3 Å². The molecule has 0 radical (unpaired) electrons. The molecule has 2 N–H and O–H groups in total. The molecule has 0 fully saturated rings. The van der Waals surface area contributed by atoms with Gasteiger partial charge in [-0.1, -0.05) is 20.3 Å². The van der Waals surface area contributed by atoms with Crippen LogP contribution in [0.5, 0.6) is 0 Å². The summed E-state index contributed by atoms with van der Waals surface area (Å²) in [6.07, 6.45) is 2.61. The smallest absolute Gasteiger partial charge is 0.227 e. The number of anilines is 2. The second kappa shape index (κ2) is 4.78. The highest BCUT2D eigenvalue weighted by Crippen LogP contribution is 2.30. The second-order valence-corrected chi connectivity index (χ2v) is 4.90. The fourth-order valence-corrected chi connectivity index (χ4v) is 2.23. The summed E-state index contributed by atoms with van der Waals surface area (Å²) < 4.78 is 0. The topological polar surface area (TPSA) is 46.3 Å². The molecule has 1 amide bonds. The molecule has 1 unspecified atom stereocenters. The van der Waals surface area contributed by atoms with Crippen LogP contribution in [-0.4, -0.2) is 12.5 Å². The van der Waals surface area contributed by atoms with Gasteiger partial charge >= 0.3 is 0 Å². The number of carbonyl (C=O) groups excluding carboxylic acids is 1. The lowest BCUT2D eigenvalue weighted by Gasteiger charge is -2.19. The maximum Gasteiger partial charge on any atom is 0.227 e. The molecule has 1 atom stereocenters. The minimum absolute atomic E-state index is 0.239. The number of hydrogen-bond donors (Lipinski definition) is 1. The maximum absolute atomic E-state index is 12.2. The van der Waals surface area contributed by atoms with Crippen LogP contribution in [0.3, 0.4) is 0 Å². The molecule has 0 saturated heterocycles. The molecule has 0 bridgehead atoms. The largest absolute Gasteiger partial charge is 0.399 e. The number of fused-ring (bicyclic) bond motifs is 1. The minimum atomic E-state index is 0.239. The van der Waals surface area contributed by atoms with Crippen molar-refractivity contribution in [2.24, 2.45) is 5.92 Å². The van der Waals surface area contributed by atoms with Crippen LogP contribution in [0.2, 0.25) is 0 Å². The Morgan fingerprint density at radius 2 is 2.29 bits per heavy atom. The monoisotopic (exact) mass is 232 g/mol. The molecule has 1 aromatic rings. The number of nitrogens with zero attached hydrogens (tertiary/aromatic N) is 1. The SMILES string of the molecule is CCC(C)CC(=O)N1CCc2cc(N)ccc21. The molecule has 3 nitrogen and oxygen atoms in total. The molecule has 1 aliphatic rings. The molecule has 3 heteroatoms. The average Bonchev–Trinajstić information content (AvgIpc) is 2.71. The Hall–Kier alpha value is -1.51. The Morgan fingerprint density at radius 1 is 1.53 bits per heavy atom. The van der Waals surface area contributed by atoms with Crippen molar-refractivity contribution in [3.05, 3.63) is 23.8 Å². The number of nitrogens with two attached hydrogens (primary N) is 1. The van der Waals surface area contributed by atoms with Crippen molar-refractivity contribution in [2.75, 3.05) is 17.2 Å². The summed E-state index contributed by atoms with van der Waals surface area (Å²) in [4.78, 5) is 14.1. The van der Waals surface area contributed by atoms with Crippen LogP contribution in [0.25, 0.3) is 0 Å². The highest BCUT2D eigenvalue weighted by Gasteiger charge is 2.25. The van der Waals surface area contributed by atoms with Crippen LogP contribution < -0.4 is 10.6 Å². The van der Waals surface area contributed by atoms with E-state index in [0.29, 0.717) is 12.3 Å². The number of hydrogen-bond acceptors (Lipinski definition) is 2. The third-order valence-electron chi connectivity index (χ3n) is 3.52. The molecular weight excluding hydrogens is 212 g/mol. The Kier molecular flexibility index (Phi) is 3.36. The van der Waals surface area contributed by atoms with E-state index in [1.54, 1.807) is 0 Å². The molecule has 1 aromatic carbocycles. The summed E-state index contributed by atoms with van der Waals surface area (Å²) >= 11 is 0. The minimum Gasteiger partial charge on any atom is -0.399 e. The van der Waals surface area contributed by atoms with Crippen LogP contribution in [0.4, 0.5) is 11.4 Å². The van der Waals surface area contributed by atoms with E-state index in [1.165, 1.54) is 5.56 Å². The Labute approximate surface area is 103 Å². The van der Waals surface area contributed by atoms with Gasteiger partial charge in [-0.3, -0.25) is 4.79 Å². The fraction of sp³-hybridized carbons (Fsp3) is 0.500. The highest BCUT2D eigenvalue weighted by atomic mass is 16.2. The van der Waals surface area contributed by atoms with Crippen LogP contribution in [-0.2, 0) is 11.2 Å². The number of rotatable bonds is 3. The summed E-state index contributed by atoms with van der Waals surface area (Å²) in [5.74, 6) is 0.697. The molecule has 17 heavy (non-hydrogen) atoms. The number of benzene rings is 1. The van der Waals surface area contributed by atoms with Crippen molar-refractivity contribution < 1.29 is 4.79 Å². The summed E-state index contributed by atoms with van der Waals surface area (Å²) in [7, 11) is 0. The van der Waals surface area contributed by atoms with E-state index in [1.807, 2.05) is 23.1 Å². The highest BCUT2D eigenvalue weighted by molar-refractivity contribution is 5.95. The van der Waals surface area contributed by atoms with Gasteiger partial charge in [-0.2, -0.15) is 0 Å². The van der Waals surface area contributed by atoms with Crippen molar-refractivity contribution in [3.63, 3.8) is 0 Å². The van der Waals surface area contributed by atoms with Gasteiger partial charge in [-0.05, 0) is 36.1 Å². The lowest BCUT2D eigenvalue weighted by Crippen LogP contribution is -2.30. The summed E-state index contributed by atoms with van der Waals surface area (Å²) in [6.45, 7) is 5.04. The first-order valence-electron chi connectivity index (χ1n) is 6.30. The first kappa shape index (κ1) is 12.0. The van der Waals surface area contributed by atoms with E-state index in [9.17, 15) is 4.79 Å². The molecule has 0 aromatic heterocycles. The van der Waals surface area contributed by atoms with E-state index in [-0.39, 0.29) is 5.91 Å². The normalized spacial score (nSPS) is 15.8. The van der Waals surface area contributed by atoms with Crippen LogP contribution >= 0.6 is 0 Å². The zero-order valence-electron chi connectivity index (χ0n) is 10.6. The van der Waals surface area contributed by atoms with E-state index >= 15 is 0 Å². The van der Waals surface area contributed by atoms with E-state index in [4.69, 9.17) is 5.73 Å². The molecule has 1 aliphatic heterocycles. The van der Waals surface area contributed by atoms with Crippen LogP contribution in [0, 0.1) is 5.92 Å². The third kappa shape index (κ3) is 2.43. The van der Waals surface area contributed by atoms with Crippen molar-refractivity contribution in [3.8, 4) is 0 Å². The van der Waals surface area contributed by atoms with E-state index < -0.39 is 0 Å². The predicted molar refractivity (Wildman–Crippen MR) is 71.0 cm³/mol. The third-order valence-corrected chi connectivity index (χ3v) is 3.52. The van der Waals surface area contributed by atoms with Gasteiger partial charge in [-0.25, -0.2) is 0 Å². The maximum atomic E-state index is 12.2. The quantitative estimate of drug-likeness (QED) is 0.814. The molecule has 0 spiro atoms. The first-order chi connectivity index (χ1) is 8.11. The van der Waals surface area contributed by atoms with E-state index in [0.717, 1.165) is 30.8 Å². The van der Waals surface area contributed by atoms with Crippen molar-refractivity contribution in [1.82, 2.24) is 0 Å². The number of carbonyl (C=O) groups is 1. The van der Waals surface area contributed by atoms with Crippen LogP contribution in [0.1, 0.15) is 32.3 Å². The van der Waals surface area contributed by atoms with Gasteiger partial charge in [0.2, 0.25) is 5.91 Å². The molecule has 1 heterocycles. The van der Waals surface area contributed by atoms with Gasteiger partial charge in [0.15, 0.2) is 0 Å². The van der Waals surface area contributed by atoms with Gasteiger partial charge in [0.25, 0.3) is 0 Å². The fourth-order valence-electron chi connectivity index (χ4n) is 2.23. The second-order valence-electron chi connectivity index (χ2n) is 4.90. The van der Waals surface area contributed by atoms with Gasteiger partial charge in [0.1, 0.15) is 0 Å². The summed E-state index contributed by atoms with van der Waals surface area (Å²) in [6, 6.07) is 5.81. The Bertz CT molecular complexity index is 428. The van der Waals surface area contributed by atoms with Gasteiger partial charge in [-0.15, -0.1) is 0 Å². The summed E-state index contributed by atoms with van der Waals surface area (Å²) in [5.41, 5.74) is 8.77. The number of amides is 1. The summed E-state index contributed by atoms with van der Waals surface area (Å²) in [5, 5.41) is 0. The molecular formula is C14H20N2O. The van der Waals surface area contributed by atoms with Gasteiger partial charge < -0.3 is 10.6 Å². The zero-order chi connectivity index (χ0) is 12.4. The lowest BCUT2D eigenvalue weighted by molar-refractivity contribution is -0.119. The zero-order valence-corrected chi connectivity index (χ0v) is 10.6. The molecule has 92 valence electrons. The van der Waals surface area contributed by atoms with Crippen LogP contribution in [0.15, 0.2) is 18.2 Å². The van der Waals surface area contributed by atoms with Crippen molar-refractivity contribution in [1.29, 1.82) is 0 Å². The molecule has 2 rings (SSSR count). The Balaban J connectivity index is 2.14. The Morgan fingerprint density at radius 3 is 3.00 bits per heavy atom.